The predicted octanol–water partition coefficient (Wildman–Crippen LogP) is 3.79. The van der Waals surface area contributed by atoms with E-state index < -0.39 is 0 Å². The maximum absolute atomic E-state index is 13.0. The van der Waals surface area contributed by atoms with Crippen LogP contribution in [0.1, 0.15) is 47.7 Å². The van der Waals surface area contributed by atoms with E-state index in [-0.39, 0.29) is 17.4 Å². The third-order valence-corrected chi connectivity index (χ3v) is 6.72. The number of pyridine rings is 1. The van der Waals surface area contributed by atoms with Crippen molar-refractivity contribution >= 4 is 5.91 Å². The first-order valence-corrected chi connectivity index (χ1v) is 11.1. The van der Waals surface area contributed by atoms with Crippen LogP contribution in [-0.2, 0) is 17.7 Å². The lowest BCUT2D eigenvalue weighted by Crippen LogP contribution is -2.44. The van der Waals surface area contributed by atoms with E-state index in [1.54, 1.807) is 0 Å². The van der Waals surface area contributed by atoms with Gasteiger partial charge >= 0.3 is 0 Å². The number of carbonyl (C=O) groups excluding carboxylic acids is 1. The smallest absolute Gasteiger partial charge is 0.254 e. The van der Waals surface area contributed by atoms with E-state index in [0.29, 0.717) is 0 Å². The lowest BCUT2D eigenvalue weighted by atomic mass is 9.76. The normalized spacial score (nSPS) is 20.8. The number of hydrogen-bond acceptors (Lipinski definition) is 4. The first-order chi connectivity index (χ1) is 14.6. The highest BCUT2D eigenvalue weighted by molar-refractivity contribution is 5.95. The Morgan fingerprint density at radius 2 is 2.03 bits per heavy atom. The maximum atomic E-state index is 13.0. The second kappa shape index (κ2) is 9.27. The summed E-state index contributed by atoms with van der Waals surface area (Å²) in [6.07, 6.45) is 8.07. The number of aromatic nitrogens is 1. The van der Waals surface area contributed by atoms with Crippen LogP contribution in [0.5, 0.6) is 0 Å². The van der Waals surface area contributed by atoms with Crippen molar-refractivity contribution in [1.82, 2.24) is 14.8 Å². The molecule has 0 unspecified atom stereocenters. The molecule has 30 heavy (non-hydrogen) atoms. The lowest BCUT2D eigenvalue weighted by Gasteiger charge is -2.38. The molecule has 3 heterocycles. The Kier molecular flexibility index (Phi) is 6.49. The molecule has 2 aliphatic rings. The number of ether oxygens (including phenoxy) is 1. The minimum absolute atomic E-state index is 0.189. The van der Waals surface area contributed by atoms with Crippen LogP contribution in [0.2, 0.25) is 0 Å². The van der Waals surface area contributed by atoms with Crippen molar-refractivity contribution in [2.24, 2.45) is 5.41 Å². The van der Waals surface area contributed by atoms with E-state index >= 15 is 0 Å². The fourth-order valence-electron chi connectivity index (χ4n) is 4.97. The molecule has 4 rings (SSSR count). The molecule has 1 aromatic carbocycles. The van der Waals surface area contributed by atoms with Gasteiger partial charge in [0.2, 0.25) is 0 Å². The second-order valence-electron chi connectivity index (χ2n) is 9.00. The fourth-order valence-corrected chi connectivity index (χ4v) is 4.97. The summed E-state index contributed by atoms with van der Waals surface area (Å²) < 4.78 is 6.21. The summed E-state index contributed by atoms with van der Waals surface area (Å²) in [6.45, 7) is 6.42. The number of hydrogen-bond donors (Lipinski definition) is 0. The highest BCUT2D eigenvalue weighted by Gasteiger charge is 2.43. The van der Waals surface area contributed by atoms with E-state index in [9.17, 15) is 4.79 Å². The average molecular weight is 408 g/mol. The summed E-state index contributed by atoms with van der Waals surface area (Å²) in [4.78, 5) is 21.6. The van der Waals surface area contributed by atoms with Crippen LogP contribution < -0.4 is 0 Å². The van der Waals surface area contributed by atoms with Crippen LogP contribution in [0.25, 0.3) is 0 Å². The number of nitrogens with zero attached hydrogens (tertiary/aromatic N) is 3. The van der Waals surface area contributed by atoms with Gasteiger partial charge in [-0.15, -0.1) is 0 Å². The highest BCUT2D eigenvalue weighted by atomic mass is 16.5. The van der Waals surface area contributed by atoms with Crippen LogP contribution in [0.3, 0.4) is 0 Å². The minimum Gasteiger partial charge on any atom is -0.376 e. The Hall–Kier alpha value is -2.24. The maximum Gasteiger partial charge on any atom is 0.254 e. The number of carbonyl (C=O) groups is 1. The molecule has 0 saturated carbocycles. The molecule has 1 aromatic heterocycles. The Morgan fingerprint density at radius 3 is 2.77 bits per heavy atom. The van der Waals surface area contributed by atoms with Crippen LogP contribution in [0, 0.1) is 5.41 Å². The molecule has 0 bridgehead atoms. The van der Waals surface area contributed by atoms with Gasteiger partial charge in [0.05, 0.1) is 12.7 Å². The fraction of sp³-hybridized carbons (Fsp3) is 0.520. The molecule has 0 aliphatic carbocycles. The molecular weight excluding hydrogens is 374 g/mol. The van der Waals surface area contributed by atoms with Gasteiger partial charge in [0.25, 0.3) is 5.91 Å². The summed E-state index contributed by atoms with van der Waals surface area (Å²) in [5, 5.41) is 0. The molecule has 2 saturated heterocycles. The van der Waals surface area contributed by atoms with E-state index in [2.05, 4.69) is 36.0 Å². The number of likely N-dealkylation sites (tertiary alicyclic amines) is 1. The zero-order valence-corrected chi connectivity index (χ0v) is 18.2. The Balaban J connectivity index is 1.29. The molecule has 1 amide bonds. The molecule has 2 aromatic rings. The van der Waals surface area contributed by atoms with Crippen molar-refractivity contribution in [2.75, 3.05) is 33.3 Å². The number of aryl methyl sites for hydroxylation is 1. The highest BCUT2D eigenvalue weighted by Crippen LogP contribution is 2.42. The SMILES string of the molecule is CCc1ccccc1C(=O)N1CCC2(CC1)CO[C@@H](CN(C)Cc1cccnc1)C2. The number of piperidine rings is 1. The molecule has 0 N–H and O–H groups in total. The van der Waals surface area contributed by atoms with Gasteiger partial charge in [-0.25, -0.2) is 0 Å². The third-order valence-electron chi connectivity index (χ3n) is 6.72. The quantitative estimate of drug-likeness (QED) is 0.731. The van der Waals surface area contributed by atoms with Gasteiger partial charge in [-0.05, 0) is 61.4 Å². The average Bonchev–Trinajstić information content (AvgIpc) is 3.16. The van der Waals surface area contributed by atoms with Crippen LogP contribution >= 0.6 is 0 Å². The van der Waals surface area contributed by atoms with E-state index in [1.165, 1.54) is 5.56 Å². The topological polar surface area (TPSA) is 45.7 Å². The Labute approximate surface area is 180 Å². The van der Waals surface area contributed by atoms with Crippen LogP contribution in [0.15, 0.2) is 48.8 Å². The Bertz CT molecular complexity index is 846. The van der Waals surface area contributed by atoms with Gasteiger partial charge in [-0.2, -0.15) is 0 Å². The number of rotatable bonds is 6. The van der Waals surface area contributed by atoms with Gasteiger partial charge in [0.1, 0.15) is 0 Å². The molecule has 5 heteroatoms. The number of likely N-dealkylation sites (N-methyl/N-ethyl adjacent to an activating group) is 1. The molecule has 2 aliphatic heterocycles. The van der Waals surface area contributed by atoms with Crippen LogP contribution in [-0.4, -0.2) is 60.1 Å². The number of benzene rings is 1. The van der Waals surface area contributed by atoms with Gasteiger partial charge in [-0.1, -0.05) is 31.2 Å². The number of amides is 1. The van der Waals surface area contributed by atoms with Crippen molar-refractivity contribution in [3.63, 3.8) is 0 Å². The largest absolute Gasteiger partial charge is 0.376 e. The monoisotopic (exact) mass is 407 g/mol. The summed E-state index contributed by atoms with van der Waals surface area (Å²) in [6, 6.07) is 12.1. The third kappa shape index (κ3) is 4.73. The first-order valence-electron chi connectivity index (χ1n) is 11.1. The molecule has 5 nitrogen and oxygen atoms in total. The molecular formula is C25H33N3O2. The minimum atomic E-state index is 0.189. The molecule has 160 valence electrons. The standard InChI is InChI=1S/C25H33N3O2/c1-3-21-8-4-5-9-23(21)24(29)28-13-10-25(11-14-28)15-22(30-19-25)18-27(2)17-20-7-6-12-26-16-20/h4-9,12,16,22H,3,10-11,13-15,17-19H2,1-2H3/t22-/m1/s1. The lowest BCUT2D eigenvalue weighted by molar-refractivity contribution is 0.0456. The van der Waals surface area contributed by atoms with E-state index in [1.807, 2.05) is 41.6 Å². The predicted molar refractivity (Wildman–Crippen MR) is 118 cm³/mol. The van der Waals surface area contributed by atoms with Gasteiger partial charge in [0.15, 0.2) is 0 Å². The van der Waals surface area contributed by atoms with E-state index in [0.717, 1.165) is 69.6 Å². The zero-order chi connectivity index (χ0) is 21.0. The van der Waals surface area contributed by atoms with E-state index in [4.69, 9.17) is 4.74 Å². The molecule has 0 radical (unpaired) electrons. The van der Waals surface area contributed by atoms with Crippen molar-refractivity contribution in [2.45, 2.75) is 45.3 Å². The van der Waals surface area contributed by atoms with Gasteiger partial charge in [-0.3, -0.25) is 14.7 Å². The summed E-state index contributed by atoms with van der Waals surface area (Å²) >= 11 is 0. The summed E-state index contributed by atoms with van der Waals surface area (Å²) in [5.41, 5.74) is 3.48. The molecule has 1 spiro atoms. The second-order valence-corrected chi connectivity index (χ2v) is 9.00. The van der Waals surface area contributed by atoms with Gasteiger partial charge < -0.3 is 9.64 Å². The zero-order valence-electron chi connectivity index (χ0n) is 18.2. The van der Waals surface area contributed by atoms with Crippen LogP contribution in [0.4, 0.5) is 0 Å². The van der Waals surface area contributed by atoms with Crippen molar-refractivity contribution in [3.05, 3.63) is 65.5 Å². The Morgan fingerprint density at radius 1 is 1.23 bits per heavy atom. The summed E-state index contributed by atoms with van der Waals surface area (Å²) in [5.74, 6) is 0.189. The van der Waals surface area contributed by atoms with Gasteiger partial charge in [0, 0.05) is 44.1 Å². The van der Waals surface area contributed by atoms with Crippen molar-refractivity contribution < 1.29 is 9.53 Å². The van der Waals surface area contributed by atoms with Crippen molar-refractivity contribution in [3.8, 4) is 0 Å². The van der Waals surface area contributed by atoms with Crippen molar-refractivity contribution in [1.29, 1.82) is 0 Å². The summed E-state index contributed by atoms with van der Waals surface area (Å²) in [7, 11) is 2.15. The first kappa shape index (κ1) is 21.0. The molecule has 1 atom stereocenters. The molecule has 2 fully saturated rings.